The van der Waals surface area contributed by atoms with E-state index in [0.717, 1.165) is 12.8 Å². The summed E-state index contributed by atoms with van der Waals surface area (Å²) in [6.07, 6.45) is 2.12. The molecule has 7 aromatic carbocycles. The van der Waals surface area contributed by atoms with Gasteiger partial charge < -0.3 is 0 Å². The summed E-state index contributed by atoms with van der Waals surface area (Å²) < 4.78 is 0. The molecule has 0 bridgehead atoms. The zero-order valence-corrected chi connectivity index (χ0v) is 29.7. The van der Waals surface area contributed by atoms with E-state index in [1.54, 1.807) is 0 Å². The molecule has 49 heavy (non-hydrogen) atoms. The van der Waals surface area contributed by atoms with E-state index in [1.807, 2.05) is 0 Å². The molecule has 7 aromatic rings. The fraction of sp³-hybridized carbons (Fsp3) is 0.167. The van der Waals surface area contributed by atoms with Gasteiger partial charge in [0.05, 0.1) is 0 Å². The molecule has 0 aromatic heterocycles. The zero-order valence-electron chi connectivity index (χ0n) is 28.8. The lowest BCUT2D eigenvalue weighted by molar-refractivity contribution is 0.591. The first-order chi connectivity index (χ1) is 23.8. The van der Waals surface area contributed by atoms with E-state index in [0.29, 0.717) is 0 Å². The van der Waals surface area contributed by atoms with Crippen LogP contribution in [0.1, 0.15) is 61.1 Å². The third kappa shape index (κ3) is 4.69. The molecule has 0 fully saturated rings. The van der Waals surface area contributed by atoms with Crippen LogP contribution in [0.3, 0.4) is 0 Å². The molecule has 0 spiro atoms. The van der Waals surface area contributed by atoms with Crippen molar-refractivity contribution >= 4 is 34.6 Å². The molecule has 1 heteroatoms. The van der Waals surface area contributed by atoms with Crippen molar-refractivity contribution in [3.8, 4) is 22.3 Å². The van der Waals surface area contributed by atoms with Crippen LogP contribution in [0.15, 0.2) is 152 Å². The Morgan fingerprint density at radius 2 is 0.959 bits per heavy atom. The van der Waals surface area contributed by atoms with Crippen LogP contribution in [-0.4, -0.2) is 0 Å². The van der Waals surface area contributed by atoms with Gasteiger partial charge in [-0.05, 0) is 103 Å². The summed E-state index contributed by atoms with van der Waals surface area (Å²) in [5.74, 6) is 0. The first-order valence-electron chi connectivity index (χ1n) is 17.7. The van der Waals surface area contributed by atoms with Gasteiger partial charge in [0, 0.05) is 10.8 Å². The molecule has 0 unspecified atom stereocenters. The van der Waals surface area contributed by atoms with Crippen molar-refractivity contribution in [3.05, 3.63) is 185 Å². The Kier molecular flexibility index (Phi) is 7.05. The fourth-order valence-electron chi connectivity index (χ4n) is 8.96. The van der Waals surface area contributed by atoms with Crippen LogP contribution in [0.5, 0.6) is 0 Å². The van der Waals surface area contributed by atoms with Crippen LogP contribution in [-0.2, 0) is 23.7 Å². The summed E-state index contributed by atoms with van der Waals surface area (Å²) in [6, 6.07) is 57.2. The largest absolute Gasteiger partial charge is 0.0622 e. The van der Waals surface area contributed by atoms with E-state index in [1.165, 1.54) is 82.3 Å². The summed E-state index contributed by atoms with van der Waals surface area (Å²) in [5.41, 5.74) is 14.0. The Labute approximate surface area is 292 Å². The smallest absolute Gasteiger partial charge is 0.0162 e. The van der Waals surface area contributed by atoms with E-state index in [2.05, 4.69) is 179 Å². The number of aryl methyl sites for hydroxylation is 2. The highest BCUT2D eigenvalue weighted by Crippen LogP contribution is 2.58. The molecule has 0 N–H and O–H groups in total. The Balaban J connectivity index is 1.21. The van der Waals surface area contributed by atoms with Gasteiger partial charge in [0.2, 0.25) is 0 Å². The van der Waals surface area contributed by atoms with E-state index in [9.17, 15) is 0 Å². The molecule has 2 aliphatic rings. The monoisotopic (exact) mass is 648 g/mol. The van der Waals surface area contributed by atoms with Gasteiger partial charge in [-0.25, -0.2) is 0 Å². The lowest BCUT2D eigenvalue weighted by Crippen LogP contribution is -2.30. The molecule has 0 saturated carbocycles. The normalized spacial score (nSPS) is 14.8. The van der Waals surface area contributed by atoms with Gasteiger partial charge >= 0.3 is 0 Å². The lowest BCUT2D eigenvalue weighted by Gasteiger charge is -2.40. The molecule has 0 amide bonds. The Hall–Kier alpha value is -4.77. The SMILES string of the molecule is CC1(C)c2cc(CCc3ccccc3)ccc2-c2ccc3c(c21)C(C)(C)c1cccc2c(P(c4ccccc4)c4ccccc4)ccc-3c12. The molecule has 0 heterocycles. The predicted molar refractivity (Wildman–Crippen MR) is 212 cm³/mol. The molecule has 238 valence electrons. The topological polar surface area (TPSA) is 0 Å². The van der Waals surface area contributed by atoms with Crippen LogP contribution in [0.4, 0.5) is 0 Å². The van der Waals surface area contributed by atoms with Crippen LogP contribution in [0.25, 0.3) is 33.0 Å². The van der Waals surface area contributed by atoms with Crippen LogP contribution < -0.4 is 15.9 Å². The minimum Gasteiger partial charge on any atom is -0.0622 e. The van der Waals surface area contributed by atoms with E-state index < -0.39 is 7.92 Å². The van der Waals surface area contributed by atoms with Crippen LogP contribution >= 0.6 is 7.92 Å². The summed E-state index contributed by atoms with van der Waals surface area (Å²) in [5, 5.41) is 7.02. The van der Waals surface area contributed by atoms with Crippen molar-refractivity contribution in [1.29, 1.82) is 0 Å². The third-order valence-electron chi connectivity index (χ3n) is 11.3. The van der Waals surface area contributed by atoms with Gasteiger partial charge in [0.15, 0.2) is 0 Å². The van der Waals surface area contributed by atoms with Crippen molar-refractivity contribution < 1.29 is 0 Å². The van der Waals surface area contributed by atoms with Crippen LogP contribution in [0.2, 0.25) is 0 Å². The molecule has 9 rings (SSSR count). The second-order valence-electron chi connectivity index (χ2n) is 14.9. The molecule has 0 nitrogen and oxygen atoms in total. The number of fused-ring (bicyclic) bond motifs is 6. The summed E-state index contributed by atoms with van der Waals surface area (Å²) >= 11 is 0. The van der Waals surface area contributed by atoms with Gasteiger partial charge in [-0.2, -0.15) is 0 Å². The maximum Gasteiger partial charge on any atom is 0.0162 e. The quantitative estimate of drug-likeness (QED) is 0.157. The molecule has 0 aliphatic heterocycles. The Morgan fingerprint density at radius 1 is 0.429 bits per heavy atom. The van der Waals surface area contributed by atoms with Crippen molar-refractivity contribution in [2.24, 2.45) is 0 Å². The van der Waals surface area contributed by atoms with Crippen molar-refractivity contribution in [2.75, 3.05) is 0 Å². The van der Waals surface area contributed by atoms with Gasteiger partial charge in [0.25, 0.3) is 0 Å². The Morgan fingerprint density at radius 3 is 1.61 bits per heavy atom. The van der Waals surface area contributed by atoms with Crippen molar-refractivity contribution in [2.45, 2.75) is 51.4 Å². The minimum atomic E-state index is -0.723. The maximum absolute atomic E-state index is 2.51. The van der Waals surface area contributed by atoms with Gasteiger partial charge in [-0.3, -0.25) is 0 Å². The van der Waals surface area contributed by atoms with Gasteiger partial charge in [-0.1, -0.05) is 179 Å². The van der Waals surface area contributed by atoms with Crippen molar-refractivity contribution in [3.63, 3.8) is 0 Å². The molecule has 0 atom stereocenters. The van der Waals surface area contributed by atoms with Gasteiger partial charge in [-0.15, -0.1) is 0 Å². The highest BCUT2D eigenvalue weighted by molar-refractivity contribution is 7.80. The maximum atomic E-state index is 2.51. The Bertz CT molecular complexity index is 2330. The second kappa shape index (κ2) is 11.4. The minimum absolute atomic E-state index is 0.101. The van der Waals surface area contributed by atoms with Gasteiger partial charge in [0.1, 0.15) is 0 Å². The molecule has 0 saturated heterocycles. The first kappa shape index (κ1) is 30.3. The van der Waals surface area contributed by atoms with E-state index >= 15 is 0 Å². The molecular weight excluding hydrogens is 608 g/mol. The number of hydrogen-bond donors (Lipinski definition) is 0. The first-order valence-corrected chi connectivity index (χ1v) is 19.0. The number of hydrogen-bond acceptors (Lipinski definition) is 0. The fourth-order valence-corrected chi connectivity index (χ4v) is 11.4. The molecular formula is C48H41P. The highest BCUT2D eigenvalue weighted by atomic mass is 31.1. The summed E-state index contributed by atoms with van der Waals surface area (Å²) in [7, 11) is -0.723. The molecule has 0 radical (unpaired) electrons. The van der Waals surface area contributed by atoms with Crippen LogP contribution in [0, 0.1) is 0 Å². The average molecular weight is 649 g/mol. The average Bonchev–Trinajstić information content (AvgIpc) is 3.36. The third-order valence-corrected chi connectivity index (χ3v) is 13.8. The summed E-state index contributed by atoms with van der Waals surface area (Å²) in [4.78, 5) is 0. The molecule has 2 aliphatic carbocycles. The number of rotatable bonds is 6. The predicted octanol–water partition coefficient (Wildman–Crippen LogP) is 11.0. The standard InChI is InChI=1S/C48H41P/c1-47(2)41-22-14-21-40-43(49(34-17-10-6-11-18-34)35-19-12-7-13-20-35)30-29-37(44(40)41)39-28-27-38-36-26-25-33(24-23-32-15-8-5-9-16-32)31-42(36)48(3,4)45(38)46(39)47/h5-22,25-31H,23-24H2,1-4H3. The highest BCUT2D eigenvalue weighted by Gasteiger charge is 2.44. The second-order valence-corrected chi connectivity index (χ2v) is 17.1. The van der Waals surface area contributed by atoms with Crippen molar-refractivity contribution in [1.82, 2.24) is 0 Å². The number of benzene rings is 7. The summed E-state index contributed by atoms with van der Waals surface area (Å²) in [6.45, 7) is 9.86. The van der Waals surface area contributed by atoms with E-state index in [-0.39, 0.29) is 10.8 Å². The lowest BCUT2D eigenvalue weighted by atomic mass is 9.63. The van der Waals surface area contributed by atoms with E-state index in [4.69, 9.17) is 0 Å². The zero-order chi connectivity index (χ0) is 33.3.